The van der Waals surface area contributed by atoms with E-state index in [1.165, 1.54) is 4.90 Å². The largest absolute Gasteiger partial charge is 0.481 e. The van der Waals surface area contributed by atoms with Crippen LogP contribution >= 0.6 is 0 Å². The topological polar surface area (TPSA) is 84.3 Å². The number of amides is 1. The van der Waals surface area contributed by atoms with E-state index in [-0.39, 0.29) is 6.54 Å². The number of hydrogen-bond acceptors (Lipinski definition) is 5. The van der Waals surface area contributed by atoms with E-state index in [0.717, 1.165) is 26.2 Å². The molecule has 1 amide bonds. The normalized spacial score (nSPS) is 20.6. The van der Waals surface area contributed by atoms with Gasteiger partial charge in [0.25, 0.3) is 0 Å². The van der Waals surface area contributed by atoms with Crippen molar-refractivity contribution in [2.24, 2.45) is 5.92 Å². The summed E-state index contributed by atoms with van der Waals surface area (Å²) in [5.41, 5.74) is 0. The highest BCUT2D eigenvalue weighted by atomic mass is 16.4. The van der Waals surface area contributed by atoms with Crippen LogP contribution in [0, 0.1) is 5.92 Å². The Labute approximate surface area is 126 Å². The molecule has 1 saturated heterocycles. The Morgan fingerprint density at radius 3 is 2.38 bits per heavy atom. The van der Waals surface area contributed by atoms with Crippen LogP contribution < -0.4 is 0 Å². The highest BCUT2D eigenvalue weighted by molar-refractivity contribution is 5.78. The lowest BCUT2D eigenvalue weighted by atomic mass is 10.1. The van der Waals surface area contributed by atoms with Crippen molar-refractivity contribution in [2.75, 3.05) is 59.0 Å². The Kier molecular flexibility index (Phi) is 7.63. The molecule has 2 N–H and O–H groups in total. The van der Waals surface area contributed by atoms with Crippen molar-refractivity contribution in [3.63, 3.8) is 0 Å². The summed E-state index contributed by atoms with van der Waals surface area (Å²) in [6.45, 7) is 9.04. The van der Waals surface area contributed by atoms with Gasteiger partial charge in [-0.25, -0.2) is 0 Å². The van der Waals surface area contributed by atoms with Crippen LogP contribution in [-0.4, -0.2) is 95.8 Å². The number of carboxylic acids is 1. The monoisotopic (exact) mass is 301 g/mol. The Balaban J connectivity index is 2.62. The van der Waals surface area contributed by atoms with Crippen LogP contribution in [0.4, 0.5) is 0 Å². The van der Waals surface area contributed by atoms with Crippen molar-refractivity contribution in [2.45, 2.75) is 13.8 Å². The molecule has 0 bridgehead atoms. The first kappa shape index (κ1) is 17.9. The second-order valence-corrected chi connectivity index (χ2v) is 5.36. The van der Waals surface area contributed by atoms with E-state index in [9.17, 15) is 14.7 Å². The summed E-state index contributed by atoms with van der Waals surface area (Å²) in [6, 6.07) is 0. The summed E-state index contributed by atoms with van der Waals surface area (Å²) < 4.78 is 0. The summed E-state index contributed by atoms with van der Waals surface area (Å²) in [4.78, 5) is 28.8. The van der Waals surface area contributed by atoms with Crippen molar-refractivity contribution >= 4 is 11.9 Å². The van der Waals surface area contributed by atoms with Gasteiger partial charge < -0.3 is 20.0 Å². The fourth-order valence-electron chi connectivity index (χ4n) is 2.59. The quantitative estimate of drug-likeness (QED) is 0.638. The molecule has 1 atom stereocenters. The lowest BCUT2D eigenvalue weighted by Gasteiger charge is -2.25. The second-order valence-electron chi connectivity index (χ2n) is 5.36. The van der Waals surface area contributed by atoms with E-state index in [2.05, 4.69) is 23.6 Å². The van der Waals surface area contributed by atoms with Crippen LogP contribution in [0.2, 0.25) is 0 Å². The van der Waals surface area contributed by atoms with Gasteiger partial charge in [-0.2, -0.15) is 0 Å². The van der Waals surface area contributed by atoms with Crippen LogP contribution in [0.15, 0.2) is 0 Å². The fraction of sp³-hybridized carbons (Fsp3) is 0.857. The molecule has 0 aliphatic carbocycles. The molecule has 1 aliphatic rings. The zero-order chi connectivity index (χ0) is 15.8. The molecular weight excluding hydrogens is 274 g/mol. The molecule has 0 aromatic carbocycles. The third kappa shape index (κ3) is 5.61. The summed E-state index contributed by atoms with van der Waals surface area (Å²) in [7, 11) is 0. The Morgan fingerprint density at radius 1 is 1.19 bits per heavy atom. The highest BCUT2D eigenvalue weighted by Crippen LogP contribution is 2.10. The van der Waals surface area contributed by atoms with Gasteiger partial charge in [-0.05, 0) is 13.1 Å². The summed E-state index contributed by atoms with van der Waals surface area (Å²) in [5, 5.41) is 18.2. The third-order valence-corrected chi connectivity index (χ3v) is 4.07. The minimum Gasteiger partial charge on any atom is -0.481 e. The molecule has 7 nitrogen and oxygen atoms in total. The second kappa shape index (κ2) is 8.96. The SMILES string of the molecule is CCN(CC)CCN1CCN(C(=O)CO)CC(C(=O)O)C1. The van der Waals surface area contributed by atoms with Gasteiger partial charge in [-0.1, -0.05) is 13.8 Å². The maximum Gasteiger partial charge on any atom is 0.309 e. The molecule has 1 heterocycles. The van der Waals surface area contributed by atoms with Crippen LogP contribution in [0.1, 0.15) is 13.8 Å². The Hall–Kier alpha value is -1.18. The maximum atomic E-state index is 11.6. The molecule has 7 heteroatoms. The van der Waals surface area contributed by atoms with E-state index in [4.69, 9.17) is 5.11 Å². The number of carbonyl (C=O) groups is 2. The number of likely N-dealkylation sites (N-methyl/N-ethyl adjacent to an activating group) is 1. The van der Waals surface area contributed by atoms with Crippen LogP contribution in [0.5, 0.6) is 0 Å². The van der Waals surface area contributed by atoms with Gasteiger partial charge in [0.2, 0.25) is 5.91 Å². The van der Waals surface area contributed by atoms with Crippen molar-refractivity contribution < 1.29 is 19.8 Å². The number of aliphatic carboxylic acids is 1. The van der Waals surface area contributed by atoms with Gasteiger partial charge in [0.15, 0.2) is 0 Å². The van der Waals surface area contributed by atoms with Gasteiger partial charge in [0, 0.05) is 39.3 Å². The molecule has 1 aliphatic heterocycles. The van der Waals surface area contributed by atoms with Gasteiger partial charge in [0.1, 0.15) is 6.61 Å². The molecular formula is C14H27N3O4. The summed E-state index contributed by atoms with van der Waals surface area (Å²) >= 11 is 0. The van der Waals surface area contributed by atoms with E-state index in [1.54, 1.807) is 0 Å². The predicted octanol–water partition coefficient (Wildman–Crippen LogP) is -0.834. The van der Waals surface area contributed by atoms with Crippen molar-refractivity contribution in [1.29, 1.82) is 0 Å². The van der Waals surface area contributed by atoms with E-state index in [0.29, 0.717) is 19.6 Å². The maximum absolute atomic E-state index is 11.6. The zero-order valence-electron chi connectivity index (χ0n) is 13.0. The van der Waals surface area contributed by atoms with Gasteiger partial charge in [-0.15, -0.1) is 0 Å². The zero-order valence-corrected chi connectivity index (χ0v) is 13.0. The van der Waals surface area contributed by atoms with Gasteiger partial charge in [-0.3, -0.25) is 14.5 Å². The number of aliphatic hydroxyl groups excluding tert-OH is 1. The molecule has 0 saturated carbocycles. The summed E-state index contributed by atoms with van der Waals surface area (Å²) in [5.74, 6) is -1.88. The standard InChI is InChI=1S/C14H27N3O4/c1-3-15(4-2)5-6-16-7-8-17(13(19)11-18)10-12(9-16)14(20)21/h12,18H,3-11H2,1-2H3,(H,20,21). The molecule has 0 spiro atoms. The first-order chi connectivity index (χ1) is 10.0. The first-order valence-corrected chi connectivity index (χ1v) is 7.57. The number of rotatable bonds is 7. The molecule has 1 rings (SSSR count). The van der Waals surface area contributed by atoms with Crippen LogP contribution in [0.25, 0.3) is 0 Å². The Bertz CT molecular complexity index is 347. The van der Waals surface area contributed by atoms with Crippen LogP contribution in [0.3, 0.4) is 0 Å². The third-order valence-electron chi connectivity index (χ3n) is 4.07. The molecule has 1 unspecified atom stereocenters. The van der Waals surface area contributed by atoms with Crippen molar-refractivity contribution in [3.8, 4) is 0 Å². The van der Waals surface area contributed by atoms with E-state index in [1.807, 2.05) is 0 Å². The summed E-state index contributed by atoms with van der Waals surface area (Å²) in [6.07, 6.45) is 0. The lowest BCUT2D eigenvalue weighted by molar-refractivity contribution is -0.144. The highest BCUT2D eigenvalue weighted by Gasteiger charge is 2.29. The molecule has 0 aromatic heterocycles. The number of carboxylic acid groups (broad SMARTS) is 1. The fourth-order valence-corrected chi connectivity index (χ4v) is 2.59. The lowest BCUT2D eigenvalue weighted by Crippen LogP contribution is -2.39. The average Bonchev–Trinajstić information content (AvgIpc) is 2.70. The number of nitrogens with zero attached hydrogens (tertiary/aromatic N) is 3. The molecule has 1 fully saturated rings. The first-order valence-electron chi connectivity index (χ1n) is 7.57. The number of carbonyl (C=O) groups excluding carboxylic acids is 1. The smallest absolute Gasteiger partial charge is 0.309 e. The van der Waals surface area contributed by atoms with E-state index >= 15 is 0 Å². The predicted molar refractivity (Wildman–Crippen MR) is 79.0 cm³/mol. The Morgan fingerprint density at radius 2 is 1.86 bits per heavy atom. The van der Waals surface area contributed by atoms with E-state index < -0.39 is 24.4 Å². The minimum absolute atomic E-state index is 0.177. The molecule has 0 radical (unpaired) electrons. The van der Waals surface area contributed by atoms with Gasteiger partial charge >= 0.3 is 5.97 Å². The number of aliphatic hydroxyl groups is 1. The minimum atomic E-state index is -0.888. The molecule has 21 heavy (non-hydrogen) atoms. The van der Waals surface area contributed by atoms with Gasteiger partial charge in [0.05, 0.1) is 5.92 Å². The van der Waals surface area contributed by atoms with Crippen molar-refractivity contribution in [1.82, 2.24) is 14.7 Å². The van der Waals surface area contributed by atoms with Crippen molar-refractivity contribution in [3.05, 3.63) is 0 Å². The average molecular weight is 301 g/mol. The number of hydrogen-bond donors (Lipinski definition) is 2. The molecule has 0 aromatic rings. The molecule has 122 valence electrons. The van der Waals surface area contributed by atoms with Crippen LogP contribution in [-0.2, 0) is 9.59 Å².